The third-order valence-corrected chi connectivity index (χ3v) is 25.3. The first kappa shape index (κ1) is 129. The fourth-order valence-electron chi connectivity index (χ4n) is 16.8. The van der Waals surface area contributed by atoms with Crippen molar-refractivity contribution in [1.82, 2.24) is 56.6 Å². The second-order valence-corrected chi connectivity index (χ2v) is 37.7. The number of methoxy groups -OCH3 is 2. The molecule has 2 aromatic rings. The van der Waals surface area contributed by atoms with Crippen LogP contribution in [0.15, 0.2) is 54.6 Å². The van der Waals surface area contributed by atoms with Crippen LogP contribution in [0.1, 0.15) is 189 Å². The number of hydrogen-bond acceptors (Lipinski definition) is 32. The molecule has 0 unspecified atom stereocenters. The van der Waals surface area contributed by atoms with Crippen LogP contribution in [0.5, 0.6) is 0 Å². The van der Waals surface area contributed by atoms with Crippen LogP contribution in [0, 0.1) is 29.6 Å². The Bertz CT molecular complexity index is 4130. The van der Waals surface area contributed by atoms with Gasteiger partial charge in [0.25, 0.3) is 11.8 Å². The van der Waals surface area contributed by atoms with Gasteiger partial charge in [-0.3, -0.25) is 57.6 Å². The number of amides is 14. The smallest absolute Gasteiger partial charge is 0.410 e. The summed E-state index contributed by atoms with van der Waals surface area (Å²) in [6.45, 7) is 25.9. The van der Waals surface area contributed by atoms with E-state index >= 15 is 9.59 Å². The predicted molar refractivity (Wildman–Crippen MR) is 542 cm³/mol. The van der Waals surface area contributed by atoms with E-state index in [4.69, 9.17) is 86.4 Å². The molecule has 0 saturated carbocycles. The second kappa shape index (κ2) is 75.0. The summed E-state index contributed by atoms with van der Waals surface area (Å²) in [5.74, 6) is -9.42. The van der Waals surface area contributed by atoms with Gasteiger partial charge in [0.2, 0.25) is 53.2 Å². The largest absolute Gasteiger partial charge is 0.445 e. The Morgan fingerprint density at radius 2 is 0.973 bits per heavy atom. The number of ether oxygens (including phenoxy) is 16. The highest BCUT2D eigenvalue weighted by atomic mass is 16.7. The highest BCUT2D eigenvalue weighted by molar-refractivity contribution is 6.02. The van der Waals surface area contributed by atoms with Gasteiger partial charge >= 0.3 is 18.1 Å². The van der Waals surface area contributed by atoms with Crippen LogP contribution in [-0.2, 0) is 145 Å². The summed E-state index contributed by atoms with van der Waals surface area (Å²) in [6, 6.07) is 6.53. The maximum absolute atomic E-state index is 15.0. The first-order valence-electron chi connectivity index (χ1n) is 52.2. The van der Waals surface area contributed by atoms with Crippen molar-refractivity contribution >= 4 is 88.8 Å². The minimum Gasteiger partial charge on any atom is -0.445 e. The molecule has 0 aromatic heterocycles. The van der Waals surface area contributed by atoms with Crippen LogP contribution in [-0.4, -0.2) is 400 Å². The van der Waals surface area contributed by atoms with E-state index in [2.05, 4.69) is 37.2 Å². The molecule has 45 nitrogen and oxygen atoms in total. The number of aliphatic hydroxyl groups is 1. The number of imide groups is 1. The van der Waals surface area contributed by atoms with Crippen molar-refractivity contribution in [1.29, 1.82) is 0 Å². The number of rotatable bonds is 45. The number of likely N-dealkylation sites (tertiary alicyclic amines) is 1. The van der Waals surface area contributed by atoms with Crippen LogP contribution in [0.3, 0.4) is 0 Å². The van der Waals surface area contributed by atoms with Crippen molar-refractivity contribution in [3.8, 4) is 0 Å². The molecule has 0 bridgehead atoms. The molecule has 148 heavy (non-hydrogen) atoms. The molecule has 3 fully saturated rings. The number of likely N-dealkylation sites (N-methyl/N-ethyl adjacent to an activating group) is 2. The molecule has 0 aliphatic carbocycles. The molecule has 14 amide bonds. The third kappa shape index (κ3) is 50.0. The van der Waals surface area contributed by atoms with Crippen molar-refractivity contribution in [2.75, 3.05) is 232 Å². The maximum Gasteiger partial charge on any atom is 0.410 e. The molecule has 3 aliphatic rings. The lowest BCUT2D eigenvalue weighted by atomic mass is 9.89. The number of hydroxylamine groups is 2. The second-order valence-electron chi connectivity index (χ2n) is 37.7. The number of aliphatic hydroxyl groups excluding tert-OH is 1. The van der Waals surface area contributed by atoms with E-state index in [1.54, 1.807) is 91.6 Å². The zero-order valence-electron chi connectivity index (χ0n) is 89.6. The lowest BCUT2D eigenvalue weighted by Gasteiger charge is -2.41. The van der Waals surface area contributed by atoms with Crippen molar-refractivity contribution < 1.29 is 153 Å². The molecule has 840 valence electrons. The molecule has 3 aliphatic heterocycles. The lowest BCUT2D eigenvalue weighted by molar-refractivity contribution is -0.197. The maximum atomic E-state index is 15.0. The van der Waals surface area contributed by atoms with Crippen LogP contribution in [0.4, 0.5) is 15.3 Å². The highest BCUT2D eigenvalue weighted by Gasteiger charge is 2.45. The monoisotopic (exact) mass is 2100 g/mol. The first-order chi connectivity index (χ1) is 71.1. The molecular formula is C103H171N13O32. The summed E-state index contributed by atoms with van der Waals surface area (Å²) in [6.07, 6.45) is -0.936. The lowest BCUT2D eigenvalue weighted by Crippen LogP contribution is -2.60. The summed E-state index contributed by atoms with van der Waals surface area (Å²) in [5.41, 5.74) is 6.76. The summed E-state index contributed by atoms with van der Waals surface area (Å²) in [5, 5.41) is 31.1. The molecule has 5 rings (SSSR count). The molecule has 10 N–H and O–H groups in total. The van der Waals surface area contributed by atoms with Crippen LogP contribution < -0.4 is 43.0 Å². The van der Waals surface area contributed by atoms with Gasteiger partial charge in [0, 0.05) is 92.3 Å². The van der Waals surface area contributed by atoms with Gasteiger partial charge < -0.3 is 143 Å². The normalized spacial score (nSPS) is 19.2. The number of primary amides is 1. The van der Waals surface area contributed by atoms with E-state index < -0.39 is 168 Å². The van der Waals surface area contributed by atoms with Gasteiger partial charge in [0.15, 0.2) is 0 Å². The van der Waals surface area contributed by atoms with Gasteiger partial charge in [-0.15, -0.1) is 5.06 Å². The van der Waals surface area contributed by atoms with Gasteiger partial charge in [-0.25, -0.2) is 14.4 Å². The van der Waals surface area contributed by atoms with Gasteiger partial charge in [-0.05, 0) is 98.8 Å². The number of benzene rings is 2. The highest BCUT2D eigenvalue weighted by Crippen LogP contribution is 2.32. The number of urea groups is 1. The Kier molecular flexibility index (Phi) is 65.2. The van der Waals surface area contributed by atoms with Crippen LogP contribution >= 0.6 is 0 Å². The molecule has 3 heterocycles. The summed E-state index contributed by atoms with van der Waals surface area (Å²) in [7, 11) is 6.02. The van der Waals surface area contributed by atoms with Crippen molar-refractivity contribution in [3.05, 3.63) is 65.7 Å². The van der Waals surface area contributed by atoms with Crippen molar-refractivity contribution in [2.45, 2.75) is 245 Å². The number of unbranched alkanes of at least 4 members (excludes halogenated alkanes) is 3. The standard InChI is InChI=1S/C103H171N13O32/c1-15-74(8)93(83(132-13)69-88(121)115-40-24-28-82(115)95(133-14)75(9)96(124)106-76(10)94(123)78-25-19-18-20-26-78)112(11)101(129)91(72(4)5)111-99(127)92(73(6)7)113(12)103(131)147-70-77-31-33-79(34-32-77)107-97(125)80(27-23-39-105-102(104)130)109-98(126)90(71(2)3)110-85(118)36-35-81(108-84(117)29-21-16-17-22-30-89(122)148-116-86(119)37-38-87(116)120)100(128)114-41-43-134-45-47-136-49-51-138-53-55-140-57-59-142-61-63-144-65-67-146-68-66-145-64-62-143-60-58-141-56-54-139-52-50-137-48-46-135-44-42-114/h18-20,25-26,31-34,71-76,80-83,90-95,123H,15-17,21-24,27-30,35-70H2,1-14H3,(H,106,124)(H,107,125)(H,108,117)(H,109,126)(H,110,118)(H,111,127)(H3,104,105,130)/t74-,75+,76+,80-,81-,82-,83+,90-,91-,92-,93-,94+,95+/m0/s1. The molecule has 2 aromatic carbocycles. The van der Waals surface area contributed by atoms with E-state index in [0.29, 0.717) is 173 Å². The van der Waals surface area contributed by atoms with Gasteiger partial charge in [0.1, 0.15) is 36.8 Å². The van der Waals surface area contributed by atoms with E-state index in [9.17, 15) is 62.6 Å². The molecule has 3 saturated heterocycles. The average molecular weight is 2100 g/mol. The topological polar surface area (TPSA) is 543 Å². The molecular weight excluding hydrogens is 1930 g/mol. The average Bonchev–Trinajstić information content (AvgIpc) is 1.40. The van der Waals surface area contributed by atoms with Gasteiger partial charge in [-0.2, -0.15) is 0 Å². The fourth-order valence-corrected chi connectivity index (χ4v) is 16.8. The van der Waals surface area contributed by atoms with Crippen molar-refractivity contribution in [2.24, 2.45) is 35.3 Å². The number of nitrogens with zero attached hydrogens (tertiary/aromatic N) is 5. The van der Waals surface area contributed by atoms with E-state index in [0.717, 1.165) is 4.90 Å². The number of carbonyl (C=O) groups excluding carboxylic acids is 14. The Morgan fingerprint density at radius 3 is 1.43 bits per heavy atom. The number of nitrogens with two attached hydrogens (primary N) is 1. The Hall–Kier alpha value is -9.82. The Morgan fingerprint density at radius 1 is 0.493 bits per heavy atom. The minimum absolute atomic E-state index is 0.00481. The number of anilines is 1. The molecule has 45 heteroatoms. The first-order valence-corrected chi connectivity index (χ1v) is 52.2. The minimum atomic E-state index is -1.32. The van der Waals surface area contributed by atoms with E-state index in [-0.39, 0.29) is 167 Å². The number of carbonyl (C=O) groups is 14. The third-order valence-electron chi connectivity index (χ3n) is 25.3. The summed E-state index contributed by atoms with van der Waals surface area (Å²) >= 11 is 0. The van der Waals surface area contributed by atoms with Gasteiger partial charge in [0.05, 0.1) is 221 Å². The zero-order valence-corrected chi connectivity index (χ0v) is 89.6. The SMILES string of the molecule is CC[C@H](C)[C@@H]([C@@H](CC(=O)N1CCC[C@H]1[C@H](OC)[C@@H](C)C(=O)N[C@H](C)[C@@H](O)c1ccccc1)OC)N(C)C(=O)[C@@H](NC(=O)[C@H](C(C)C)N(C)C(=O)OCc1ccc(NC(=O)[C@H](CCCNC(N)=O)NC(=O)[C@@H](NC(=O)CC[C@H](NC(=O)CCCCCCC(=O)ON2C(=O)CCC2=O)C(=O)N2CCOCCOCCOCCOCCOCCOCCOCCOCCOCCOCCOCCOCCOCC2)C(C)C)cc1)C(C)C. The molecule has 0 radical (unpaired) electrons. The molecule has 0 spiro atoms. The summed E-state index contributed by atoms with van der Waals surface area (Å²) < 4.78 is 91.6. The van der Waals surface area contributed by atoms with Crippen LogP contribution in [0.25, 0.3) is 0 Å². The quantitative estimate of drug-likeness (QED) is 0.0316. The number of nitrogens with one attached hydrogen (secondary N) is 7. The van der Waals surface area contributed by atoms with E-state index in [1.807, 2.05) is 32.0 Å². The molecule has 13 atom stereocenters. The van der Waals surface area contributed by atoms with Crippen LogP contribution in [0.2, 0.25) is 0 Å². The fraction of sp³-hybridized carbons (Fsp3) is 0.748. The van der Waals surface area contributed by atoms with E-state index in [1.165, 1.54) is 43.2 Å². The van der Waals surface area contributed by atoms with Crippen molar-refractivity contribution in [3.63, 3.8) is 0 Å². The van der Waals surface area contributed by atoms with Gasteiger partial charge in [-0.1, -0.05) is 124 Å². The summed E-state index contributed by atoms with van der Waals surface area (Å²) in [4.78, 5) is 204. The Balaban J connectivity index is 1.23. The number of hydrogen-bond donors (Lipinski definition) is 9. The predicted octanol–water partition coefficient (Wildman–Crippen LogP) is 4.86. The Labute approximate surface area is 872 Å². The zero-order chi connectivity index (χ0) is 109.